The number of nitrogens with two attached hydrogens (primary N) is 2. The monoisotopic (exact) mass is 273 g/mol. The van der Waals surface area contributed by atoms with Crippen molar-refractivity contribution in [3.63, 3.8) is 0 Å². The topological polar surface area (TPSA) is 72.3 Å². The first-order valence-electron chi connectivity index (χ1n) is 7.45. The van der Waals surface area contributed by atoms with E-state index < -0.39 is 5.91 Å². The molecule has 0 heterocycles. The van der Waals surface area contributed by atoms with Gasteiger partial charge in [0.1, 0.15) is 0 Å². The molecule has 2 bridgehead atoms. The molecule has 1 amide bonds. The van der Waals surface area contributed by atoms with Crippen LogP contribution in [0.1, 0.15) is 36.0 Å². The number of nitrogen functional groups attached to an aromatic ring is 1. The molecule has 108 valence electrons. The summed E-state index contributed by atoms with van der Waals surface area (Å²) in [6.07, 6.45) is 5.63. The van der Waals surface area contributed by atoms with Crippen molar-refractivity contribution in [1.82, 2.24) is 0 Å². The van der Waals surface area contributed by atoms with E-state index in [9.17, 15) is 4.79 Å². The van der Waals surface area contributed by atoms with Crippen LogP contribution in [0.15, 0.2) is 18.2 Å². The molecule has 0 spiro atoms. The van der Waals surface area contributed by atoms with Gasteiger partial charge in [0.25, 0.3) is 0 Å². The van der Waals surface area contributed by atoms with Crippen LogP contribution in [-0.2, 0) is 0 Å². The summed E-state index contributed by atoms with van der Waals surface area (Å²) in [6, 6.07) is 5.34. The highest BCUT2D eigenvalue weighted by Crippen LogP contribution is 2.48. The molecule has 0 aliphatic heterocycles. The third kappa shape index (κ3) is 2.35. The Morgan fingerprint density at radius 3 is 2.70 bits per heavy atom. The zero-order chi connectivity index (χ0) is 14.3. The third-order valence-electron chi connectivity index (χ3n) is 5.12. The van der Waals surface area contributed by atoms with Gasteiger partial charge in [-0.05, 0) is 55.2 Å². The van der Waals surface area contributed by atoms with E-state index in [4.69, 9.17) is 11.5 Å². The van der Waals surface area contributed by atoms with Crippen LogP contribution in [0.25, 0.3) is 0 Å². The lowest BCUT2D eigenvalue weighted by atomic mass is 9.88. The average Bonchev–Trinajstić information content (AvgIpc) is 3.00. The van der Waals surface area contributed by atoms with Gasteiger partial charge in [-0.25, -0.2) is 0 Å². The summed E-state index contributed by atoms with van der Waals surface area (Å²) >= 11 is 0. The molecule has 3 rings (SSSR count). The minimum atomic E-state index is -0.431. The largest absolute Gasteiger partial charge is 0.397 e. The summed E-state index contributed by atoms with van der Waals surface area (Å²) in [6.45, 7) is 1.06. The highest BCUT2D eigenvalue weighted by Gasteiger charge is 2.39. The molecule has 2 saturated carbocycles. The first-order chi connectivity index (χ1) is 9.54. The first-order valence-corrected chi connectivity index (χ1v) is 7.45. The zero-order valence-corrected chi connectivity index (χ0v) is 12.0. The van der Waals surface area contributed by atoms with Crippen molar-refractivity contribution in [2.24, 2.45) is 23.5 Å². The molecule has 1 aromatic rings. The third-order valence-corrected chi connectivity index (χ3v) is 5.12. The van der Waals surface area contributed by atoms with Gasteiger partial charge in [-0.1, -0.05) is 6.42 Å². The van der Waals surface area contributed by atoms with E-state index in [1.165, 1.54) is 25.7 Å². The second-order valence-electron chi connectivity index (χ2n) is 6.45. The molecular weight excluding hydrogens is 250 g/mol. The molecule has 2 aliphatic carbocycles. The van der Waals surface area contributed by atoms with Crippen molar-refractivity contribution in [3.8, 4) is 0 Å². The highest BCUT2D eigenvalue weighted by atomic mass is 16.1. The average molecular weight is 273 g/mol. The number of carbonyl (C=O) groups excluding carboxylic acids is 1. The van der Waals surface area contributed by atoms with Crippen molar-refractivity contribution >= 4 is 17.3 Å². The number of nitrogens with zero attached hydrogens (tertiary/aromatic N) is 1. The van der Waals surface area contributed by atoms with Crippen molar-refractivity contribution in [1.29, 1.82) is 0 Å². The van der Waals surface area contributed by atoms with Crippen LogP contribution >= 0.6 is 0 Å². The van der Waals surface area contributed by atoms with Crippen LogP contribution < -0.4 is 16.4 Å². The molecule has 3 atom stereocenters. The summed E-state index contributed by atoms with van der Waals surface area (Å²) in [5, 5.41) is 0. The fourth-order valence-corrected chi connectivity index (χ4v) is 4.11. The van der Waals surface area contributed by atoms with Crippen LogP contribution in [0.4, 0.5) is 11.4 Å². The highest BCUT2D eigenvalue weighted by molar-refractivity contribution is 5.94. The Labute approximate surface area is 120 Å². The predicted octanol–water partition coefficient (Wildman–Crippen LogP) is 2.24. The number of carbonyl (C=O) groups is 1. The molecule has 4 nitrogen and oxygen atoms in total. The van der Waals surface area contributed by atoms with Crippen LogP contribution in [0, 0.1) is 17.8 Å². The Bertz CT molecular complexity index is 528. The molecule has 3 unspecified atom stereocenters. The van der Waals surface area contributed by atoms with E-state index in [1.807, 2.05) is 6.07 Å². The minimum Gasteiger partial charge on any atom is -0.397 e. The number of hydrogen-bond donors (Lipinski definition) is 2. The second-order valence-corrected chi connectivity index (χ2v) is 6.45. The number of benzene rings is 1. The Kier molecular flexibility index (Phi) is 3.32. The van der Waals surface area contributed by atoms with Crippen LogP contribution in [0.3, 0.4) is 0 Å². The summed E-state index contributed by atoms with van der Waals surface area (Å²) in [4.78, 5) is 13.4. The minimum absolute atomic E-state index is 0.431. The first kappa shape index (κ1) is 13.3. The van der Waals surface area contributed by atoms with E-state index in [1.54, 1.807) is 12.1 Å². The standard InChI is InChI=1S/C16H23N3O/c1-19(9-13-7-10-2-3-11(13)6-10)15-5-4-12(16(18)20)8-14(15)17/h4-5,8,10-11,13H,2-3,6-7,9,17H2,1H3,(H2,18,20). The number of rotatable bonds is 4. The fourth-order valence-electron chi connectivity index (χ4n) is 4.11. The predicted molar refractivity (Wildman–Crippen MR) is 81.6 cm³/mol. The van der Waals surface area contributed by atoms with Gasteiger partial charge in [0.2, 0.25) is 5.91 Å². The summed E-state index contributed by atoms with van der Waals surface area (Å²) in [7, 11) is 2.08. The number of amides is 1. The Hall–Kier alpha value is -1.71. The smallest absolute Gasteiger partial charge is 0.248 e. The van der Waals surface area contributed by atoms with Gasteiger partial charge in [0, 0.05) is 19.2 Å². The van der Waals surface area contributed by atoms with Gasteiger partial charge < -0.3 is 16.4 Å². The number of hydrogen-bond acceptors (Lipinski definition) is 3. The van der Waals surface area contributed by atoms with Gasteiger partial charge in [0.15, 0.2) is 0 Å². The second kappa shape index (κ2) is 5.00. The van der Waals surface area contributed by atoms with E-state index in [-0.39, 0.29) is 0 Å². The maximum absolute atomic E-state index is 11.2. The van der Waals surface area contributed by atoms with E-state index >= 15 is 0 Å². The van der Waals surface area contributed by atoms with E-state index in [2.05, 4.69) is 11.9 Å². The normalized spacial score (nSPS) is 27.8. The molecule has 1 aromatic carbocycles. The van der Waals surface area contributed by atoms with Crippen molar-refractivity contribution in [2.75, 3.05) is 24.2 Å². The molecule has 2 fully saturated rings. The maximum atomic E-state index is 11.2. The van der Waals surface area contributed by atoms with Crippen LogP contribution in [0.5, 0.6) is 0 Å². The van der Waals surface area contributed by atoms with Crippen LogP contribution in [-0.4, -0.2) is 19.5 Å². The van der Waals surface area contributed by atoms with Crippen LogP contribution in [0.2, 0.25) is 0 Å². The van der Waals surface area contributed by atoms with Gasteiger partial charge >= 0.3 is 0 Å². The molecular formula is C16H23N3O. The quantitative estimate of drug-likeness (QED) is 0.826. The zero-order valence-electron chi connectivity index (χ0n) is 12.0. The molecule has 2 aliphatic rings. The number of fused-ring (bicyclic) bond motifs is 2. The molecule has 20 heavy (non-hydrogen) atoms. The number of primary amides is 1. The van der Waals surface area contributed by atoms with Gasteiger partial charge in [0.05, 0.1) is 11.4 Å². The molecule has 0 aromatic heterocycles. The van der Waals surface area contributed by atoms with E-state index in [0.717, 1.165) is 30.0 Å². The molecule has 0 radical (unpaired) electrons. The Morgan fingerprint density at radius 2 is 2.15 bits per heavy atom. The van der Waals surface area contributed by atoms with Crippen molar-refractivity contribution < 1.29 is 4.79 Å². The SMILES string of the molecule is CN(CC1CC2CCC1C2)c1ccc(C(N)=O)cc1N. The lowest BCUT2D eigenvalue weighted by molar-refractivity contribution is 0.100. The summed E-state index contributed by atoms with van der Waals surface area (Å²) < 4.78 is 0. The number of anilines is 2. The molecule has 4 heteroatoms. The summed E-state index contributed by atoms with van der Waals surface area (Å²) in [5.41, 5.74) is 13.4. The fraction of sp³-hybridized carbons (Fsp3) is 0.562. The lowest BCUT2D eigenvalue weighted by Crippen LogP contribution is -2.29. The van der Waals surface area contributed by atoms with E-state index in [0.29, 0.717) is 11.3 Å². The van der Waals surface area contributed by atoms with Crippen molar-refractivity contribution in [2.45, 2.75) is 25.7 Å². The Balaban J connectivity index is 1.71. The Morgan fingerprint density at radius 1 is 1.35 bits per heavy atom. The van der Waals surface area contributed by atoms with Gasteiger partial charge in [-0.15, -0.1) is 0 Å². The summed E-state index contributed by atoms with van der Waals surface area (Å²) in [5.74, 6) is 2.24. The van der Waals surface area contributed by atoms with Crippen molar-refractivity contribution in [3.05, 3.63) is 23.8 Å². The van der Waals surface area contributed by atoms with Gasteiger partial charge in [-0.2, -0.15) is 0 Å². The van der Waals surface area contributed by atoms with Gasteiger partial charge in [-0.3, -0.25) is 4.79 Å². The molecule has 0 saturated heterocycles. The maximum Gasteiger partial charge on any atom is 0.248 e. The lowest BCUT2D eigenvalue weighted by Gasteiger charge is -2.29. The molecule has 4 N–H and O–H groups in total.